The van der Waals surface area contributed by atoms with Crippen molar-refractivity contribution in [2.24, 2.45) is 14.1 Å². The second kappa shape index (κ2) is 27.3. The molecule has 0 unspecified atom stereocenters. The van der Waals surface area contributed by atoms with Crippen LogP contribution in [0, 0.1) is 46.6 Å². The van der Waals surface area contributed by atoms with Crippen LogP contribution in [0.2, 0.25) is 0 Å². The van der Waals surface area contributed by atoms with Gasteiger partial charge in [-0.2, -0.15) is 0 Å². The number of non-ortho nitro benzene ring substituents is 1. The van der Waals surface area contributed by atoms with Crippen LogP contribution in [0.15, 0.2) is 177 Å². The predicted molar refractivity (Wildman–Crippen MR) is 271 cm³/mol. The van der Waals surface area contributed by atoms with Gasteiger partial charge in [0.1, 0.15) is 14.1 Å². The summed E-state index contributed by atoms with van der Waals surface area (Å²) in [6.07, 6.45) is 19.0. The minimum atomic E-state index is -0.416. The Morgan fingerprint density at radius 3 is 1.49 bits per heavy atom. The zero-order valence-electron chi connectivity index (χ0n) is 37.2. The molecular formula is C54H49Cl2N10O4+. The number of carbonyl (C=O) groups is 2. The highest BCUT2D eigenvalue weighted by Gasteiger charge is 2.14. The minimum Gasteiger partial charge on any atom is -1.00 e. The van der Waals surface area contributed by atoms with E-state index >= 15 is 0 Å². The smallest absolute Gasteiger partial charge is 0.270 e. The van der Waals surface area contributed by atoms with Crippen molar-refractivity contribution in [2.75, 3.05) is 32.3 Å². The highest BCUT2D eigenvalue weighted by molar-refractivity contribution is 6.05. The maximum atomic E-state index is 12.9. The van der Waals surface area contributed by atoms with Gasteiger partial charge in [-0.15, -0.1) is 12.8 Å². The molecule has 0 saturated carbocycles. The molecule has 70 heavy (non-hydrogen) atoms. The lowest BCUT2D eigenvalue weighted by molar-refractivity contribution is -0.671. The summed E-state index contributed by atoms with van der Waals surface area (Å²) in [4.78, 5) is 39.1. The number of nitro groups is 1. The van der Waals surface area contributed by atoms with E-state index in [1.54, 1.807) is 66.9 Å². The molecule has 8 rings (SSSR count). The SMILES string of the molecule is C.C#CC#CC#C.C[n+]1ccc(Nc2cccc(C(=O)Nc3ccc(N)cc3)c2)cc1.C[n+]1ccc(Nc2cccc(C(=O)Nc3ccc(Nc4cc[nH+]c5ccc([N+](=O)[O-])cc45)cc3)c2)cc1.[Cl-].[Cl-]. The number of carbonyl (C=O) groups excluding carboxylic acids is 2. The van der Waals surface area contributed by atoms with Crippen LogP contribution < -0.4 is 71.2 Å². The lowest BCUT2D eigenvalue weighted by atomic mass is 10.1. The van der Waals surface area contributed by atoms with Gasteiger partial charge in [-0.3, -0.25) is 19.7 Å². The summed E-state index contributed by atoms with van der Waals surface area (Å²) < 4.78 is 3.91. The summed E-state index contributed by atoms with van der Waals surface area (Å²) >= 11 is 0. The van der Waals surface area contributed by atoms with Gasteiger partial charge in [-0.05, 0) is 109 Å². The van der Waals surface area contributed by atoms with Crippen molar-refractivity contribution in [3.05, 3.63) is 198 Å². The van der Waals surface area contributed by atoms with Gasteiger partial charge in [0.25, 0.3) is 17.5 Å². The number of hydrogen-bond donors (Lipinski definition) is 6. The Hall–Kier alpha value is -9.39. The molecule has 0 radical (unpaired) electrons. The van der Waals surface area contributed by atoms with E-state index in [1.807, 2.05) is 121 Å². The first-order chi connectivity index (χ1) is 32.5. The molecule has 8 aromatic rings. The molecule has 16 heteroatoms. The van der Waals surface area contributed by atoms with Crippen LogP contribution in [0.3, 0.4) is 0 Å². The van der Waals surface area contributed by atoms with Crippen molar-refractivity contribution in [3.8, 4) is 36.5 Å². The summed E-state index contributed by atoms with van der Waals surface area (Å²) in [6, 6.07) is 43.4. The van der Waals surface area contributed by atoms with Crippen molar-refractivity contribution in [3.63, 3.8) is 0 Å². The van der Waals surface area contributed by atoms with Crippen LogP contribution in [-0.4, -0.2) is 16.7 Å². The number of aryl methyl sites for hydroxylation is 2. The molecule has 0 saturated heterocycles. The van der Waals surface area contributed by atoms with Gasteiger partial charge in [0.2, 0.25) is 5.52 Å². The van der Waals surface area contributed by atoms with Gasteiger partial charge in [0.15, 0.2) is 31.0 Å². The third-order valence-corrected chi connectivity index (χ3v) is 9.57. The molecule has 8 N–H and O–H groups in total. The number of nitrogens with two attached hydrogens (primary N) is 1. The average Bonchev–Trinajstić information content (AvgIpc) is 3.34. The largest absolute Gasteiger partial charge is 1.00 e. The fraction of sp³-hybridized carbons (Fsp3) is 0.0556. The summed E-state index contributed by atoms with van der Waals surface area (Å²) in [5, 5.41) is 27.6. The number of H-pyrrole nitrogens is 1. The van der Waals surface area contributed by atoms with Crippen LogP contribution in [0.25, 0.3) is 10.9 Å². The summed E-state index contributed by atoms with van der Waals surface area (Å²) in [6.45, 7) is 0. The predicted octanol–water partition coefficient (Wildman–Crippen LogP) is 3.12. The Morgan fingerprint density at radius 2 is 1.03 bits per heavy atom. The molecule has 0 fully saturated rings. The molecule has 0 aliphatic carbocycles. The molecule has 0 spiro atoms. The topological polar surface area (TPSA) is 185 Å². The molecule has 2 amide bonds. The number of nitrogen functional groups attached to an aromatic ring is 1. The lowest BCUT2D eigenvalue weighted by Crippen LogP contribution is -3.00. The Bertz CT molecular complexity index is 3160. The molecule has 0 atom stereocenters. The molecule has 5 aromatic carbocycles. The molecule has 14 nitrogen and oxygen atoms in total. The fourth-order valence-corrected chi connectivity index (χ4v) is 6.22. The average molecular weight is 973 g/mol. The van der Waals surface area contributed by atoms with Gasteiger partial charge in [-0.1, -0.05) is 19.6 Å². The van der Waals surface area contributed by atoms with E-state index in [1.165, 1.54) is 12.1 Å². The normalized spacial score (nSPS) is 9.37. The Balaban J connectivity index is 0.000000339. The molecule has 0 aliphatic rings. The molecule has 3 heterocycles. The number of hydrogen-bond acceptors (Lipinski definition) is 8. The third kappa shape index (κ3) is 16.5. The number of halogens is 2. The van der Waals surface area contributed by atoms with Gasteiger partial charge in [0, 0.05) is 93.8 Å². The van der Waals surface area contributed by atoms with Gasteiger partial charge >= 0.3 is 0 Å². The number of nitrogens with zero attached hydrogens (tertiary/aromatic N) is 3. The van der Waals surface area contributed by atoms with E-state index in [2.05, 4.69) is 55.2 Å². The van der Waals surface area contributed by atoms with Gasteiger partial charge < -0.3 is 57.1 Å². The highest BCUT2D eigenvalue weighted by atomic mass is 35.5. The minimum absolute atomic E-state index is 0. The van der Waals surface area contributed by atoms with E-state index in [9.17, 15) is 19.7 Å². The van der Waals surface area contributed by atoms with Crippen molar-refractivity contribution < 1.29 is 53.4 Å². The fourth-order valence-electron chi connectivity index (χ4n) is 6.22. The Kier molecular flexibility index (Phi) is 21.4. The number of pyridine rings is 3. The van der Waals surface area contributed by atoms with Gasteiger partial charge in [0.05, 0.1) is 27.4 Å². The Labute approximate surface area is 419 Å². The quantitative estimate of drug-likeness (QED) is 0.0376. The zero-order valence-corrected chi connectivity index (χ0v) is 38.7. The van der Waals surface area contributed by atoms with E-state index in [4.69, 9.17) is 18.6 Å². The molecule has 0 bridgehead atoms. The maximum Gasteiger partial charge on any atom is 0.270 e. The summed E-state index contributed by atoms with van der Waals surface area (Å²) in [5.41, 5.74) is 14.6. The second-order valence-electron chi connectivity index (χ2n) is 14.6. The summed E-state index contributed by atoms with van der Waals surface area (Å²) in [7, 11) is 3.92. The first-order valence-electron chi connectivity index (χ1n) is 20.5. The number of nitro benzene ring substituents is 1. The number of benzene rings is 5. The van der Waals surface area contributed by atoms with Crippen molar-refractivity contribution in [2.45, 2.75) is 7.43 Å². The number of anilines is 9. The summed E-state index contributed by atoms with van der Waals surface area (Å²) in [5.74, 6) is 8.22. The third-order valence-electron chi connectivity index (χ3n) is 9.57. The van der Waals surface area contributed by atoms with E-state index < -0.39 is 4.92 Å². The van der Waals surface area contributed by atoms with E-state index in [0.29, 0.717) is 33.6 Å². The number of nitrogens with one attached hydrogen (secondary N) is 6. The first-order valence-corrected chi connectivity index (χ1v) is 20.5. The molecule has 352 valence electrons. The number of terminal acetylenes is 2. The number of rotatable bonds is 11. The number of fused-ring (bicyclic) bond motifs is 1. The first kappa shape index (κ1) is 54.9. The zero-order chi connectivity index (χ0) is 47.5. The lowest BCUT2D eigenvalue weighted by Gasteiger charge is -2.11. The number of amides is 2. The number of aromatic amines is 1. The van der Waals surface area contributed by atoms with Crippen LogP contribution in [0.5, 0.6) is 0 Å². The van der Waals surface area contributed by atoms with Gasteiger partial charge in [-0.25, -0.2) is 14.1 Å². The second-order valence-corrected chi connectivity index (χ2v) is 14.6. The monoisotopic (exact) mass is 971 g/mol. The highest BCUT2D eigenvalue weighted by Crippen LogP contribution is 2.28. The molecule has 0 aliphatic heterocycles. The maximum absolute atomic E-state index is 12.9. The van der Waals surface area contributed by atoms with Crippen molar-refractivity contribution >= 4 is 79.6 Å². The van der Waals surface area contributed by atoms with Crippen LogP contribution in [0.4, 0.5) is 56.9 Å². The van der Waals surface area contributed by atoms with Crippen LogP contribution >= 0.6 is 0 Å². The van der Waals surface area contributed by atoms with Crippen molar-refractivity contribution in [1.29, 1.82) is 0 Å². The molecular weight excluding hydrogens is 924 g/mol. The van der Waals surface area contributed by atoms with Crippen LogP contribution in [-0.2, 0) is 14.1 Å². The Morgan fingerprint density at radius 1 is 0.586 bits per heavy atom. The molecule has 3 aromatic heterocycles. The number of aromatic nitrogens is 3. The van der Waals surface area contributed by atoms with Crippen molar-refractivity contribution in [1.82, 2.24) is 0 Å². The van der Waals surface area contributed by atoms with E-state index in [-0.39, 0.29) is 49.7 Å². The van der Waals surface area contributed by atoms with Crippen LogP contribution in [0.1, 0.15) is 28.1 Å². The van der Waals surface area contributed by atoms with E-state index in [0.717, 1.165) is 39.6 Å². The standard InChI is InChI=1S/C28H22N6O3.C19H18N4O.C6H2.CH4.2ClH/c1-33-15-12-22(13-16-33)30-23-4-2-3-19(17-23)28(35)32-21-7-5-20(6-8-21)31-27-11-14-29-26-10-9-24(34(36)37)18-25(26)27;1-23-11-9-17(10-12-23)21-18-4-2-3-14(13-18)19(24)22-16-7-5-15(20)6-8-16;1-3-5-6-4-2;;;/h2-18H,1H3,(H2,29,31,32,35);2-13H,20H2,1H3,(H,22,24);1-2H;1H4;2*1H/p+1.